The zero-order valence-corrected chi connectivity index (χ0v) is 21.2. The Bertz CT molecular complexity index is 1390. The molecule has 6 nitrogen and oxygen atoms in total. The first kappa shape index (κ1) is 22.4. The maximum absolute atomic E-state index is 6.57. The average molecular weight is 487 g/mol. The van der Waals surface area contributed by atoms with Gasteiger partial charge in [0.05, 0.1) is 16.9 Å². The number of hydrogen-bond donors (Lipinski definition) is 2. The summed E-state index contributed by atoms with van der Waals surface area (Å²) >= 11 is 6.57. The van der Waals surface area contributed by atoms with E-state index in [-0.39, 0.29) is 0 Å². The van der Waals surface area contributed by atoms with Crippen LogP contribution in [0.15, 0.2) is 48.8 Å². The molecule has 1 aliphatic heterocycles. The molecule has 1 aliphatic carbocycles. The van der Waals surface area contributed by atoms with Gasteiger partial charge in [-0.05, 0) is 81.6 Å². The van der Waals surface area contributed by atoms with E-state index < -0.39 is 0 Å². The van der Waals surface area contributed by atoms with Gasteiger partial charge in [-0.25, -0.2) is 9.97 Å². The number of anilines is 3. The summed E-state index contributed by atoms with van der Waals surface area (Å²) in [6.07, 6.45) is 7.39. The lowest BCUT2D eigenvalue weighted by molar-refractivity contribution is 0.315. The Morgan fingerprint density at radius 3 is 2.74 bits per heavy atom. The summed E-state index contributed by atoms with van der Waals surface area (Å²) in [5.74, 6) is 1.22. The SMILES string of the molecule is Cc1ccc2c(-c3nc(Nc4cc(C5CC5)cc(N5CCC(N(C)C)C5)c4)ncc3Cl)c[nH]c2c1. The minimum Gasteiger partial charge on any atom is -0.370 e. The predicted molar refractivity (Wildman–Crippen MR) is 145 cm³/mol. The first-order chi connectivity index (χ1) is 16.9. The molecule has 2 fully saturated rings. The molecule has 0 amide bonds. The van der Waals surface area contributed by atoms with E-state index >= 15 is 0 Å². The number of rotatable bonds is 6. The molecule has 180 valence electrons. The third-order valence-corrected chi connectivity index (χ3v) is 7.62. The van der Waals surface area contributed by atoms with Gasteiger partial charge in [0.25, 0.3) is 0 Å². The summed E-state index contributed by atoms with van der Waals surface area (Å²) in [5, 5.41) is 5.12. The van der Waals surface area contributed by atoms with Crippen LogP contribution < -0.4 is 10.2 Å². The smallest absolute Gasteiger partial charge is 0.227 e. The molecule has 3 heterocycles. The first-order valence-corrected chi connectivity index (χ1v) is 12.8. The van der Waals surface area contributed by atoms with Gasteiger partial charge < -0.3 is 20.1 Å². The van der Waals surface area contributed by atoms with E-state index in [0.29, 0.717) is 22.9 Å². The molecular formula is C28H31ClN6. The van der Waals surface area contributed by atoms with E-state index in [1.54, 1.807) is 6.20 Å². The van der Waals surface area contributed by atoms with Crippen LogP contribution in [0.2, 0.25) is 5.02 Å². The minimum absolute atomic E-state index is 0.538. The van der Waals surface area contributed by atoms with Crippen LogP contribution in [-0.2, 0) is 0 Å². The van der Waals surface area contributed by atoms with E-state index in [1.807, 2.05) is 6.20 Å². The van der Waals surface area contributed by atoms with Gasteiger partial charge in [0, 0.05) is 53.2 Å². The number of aryl methyl sites for hydroxylation is 1. The lowest BCUT2D eigenvalue weighted by Gasteiger charge is -2.23. The molecule has 1 saturated heterocycles. The Kier molecular flexibility index (Phi) is 5.66. The highest BCUT2D eigenvalue weighted by Crippen LogP contribution is 2.43. The molecule has 1 saturated carbocycles. The van der Waals surface area contributed by atoms with E-state index in [4.69, 9.17) is 16.6 Å². The summed E-state index contributed by atoms with van der Waals surface area (Å²) in [5.41, 5.74) is 7.71. The molecule has 2 aliphatic rings. The van der Waals surface area contributed by atoms with Crippen molar-refractivity contribution < 1.29 is 0 Å². The number of halogens is 1. The molecule has 7 heteroatoms. The van der Waals surface area contributed by atoms with E-state index in [1.165, 1.54) is 36.1 Å². The second-order valence-electron chi connectivity index (χ2n) is 10.2. The molecule has 0 radical (unpaired) electrons. The third-order valence-electron chi connectivity index (χ3n) is 7.34. The molecule has 35 heavy (non-hydrogen) atoms. The van der Waals surface area contributed by atoms with Crippen LogP contribution in [0.4, 0.5) is 17.3 Å². The number of nitrogens with zero attached hydrogens (tertiary/aromatic N) is 4. The van der Waals surface area contributed by atoms with Crippen molar-refractivity contribution in [1.29, 1.82) is 0 Å². The van der Waals surface area contributed by atoms with Crippen molar-refractivity contribution in [3.63, 3.8) is 0 Å². The standard InChI is InChI=1S/C28H31ClN6/c1-17-4-7-23-24(14-30-26(23)10-17)27-25(29)15-31-28(33-27)32-20-11-19(18-5-6-18)12-22(13-20)35-9-8-21(16-35)34(2)3/h4,7,10-15,18,21,30H,5-6,8-9,16H2,1-3H3,(H,31,32,33). The highest BCUT2D eigenvalue weighted by Gasteiger charge is 2.28. The third kappa shape index (κ3) is 4.48. The number of likely N-dealkylation sites (N-methyl/N-ethyl adjacent to an activating group) is 1. The lowest BCUT2D eigenvalue weighted by atomic mass is 10.1. The lowest BCUT2D eigenvalue weighted by Crippen LogP contribution is -2.31. The van der Waals surface area contributed by atoms with Crippen LogP contribution in [0.3, 0.4) is 0 Å². The highest BCUT2D eigenvalue weighted by molar-refractivity contribution is 6.33. The van der Waals surface area contributed by atoms with Crippen LogP contribution >= 0.6 is 11.6 Å². The Balaban J connectivity index is 1.32. The van der Waals surface area contributed by atoms with E-state index in [0.717, 1.165) is 40.9 Å². The Morgan fingerprint density at radius 2 is 1.97 bits per heavy atom. The summed E-state index contributed by atoms with van der Waals surface area (Å²) < 4.78 is 0. The van der Waals surface area contributed by atoms with Gasteiger partial charge in [-0.15, -0.1) is 0 Å². The molecule has 1 atom stereocenters. The number of nitrogens with one attached hydrogen (secondary N) is 2. The second-order valence-corrected chi connectivity index (χ2v) is 10.6. The van der Waals surface area contributed by atoms with Gasteiger partial charge >= 0.3 is 0 Å². The zero-order valence-electron chi connectivity index (χ0n) is 20.5. The topological polar surface area (TPSA) is 60.1 Å². The van der Waals surface area contributed by atoms with Crippen molar-refractivity contribution in [2.75, 3.05) is 37.4 Å². The maximum Gasteiger partial charge on any atom is 0.227 e. The van der Waals surface area contributed by atoms with E-state index in [9.17, 15) is 0 Å². The fourth-order valence-corrected chi connectivity index (χ4v) is 5.31. The molecule has 4 aromatic rings. The van der Waals surface area contributed by atoms with Crippen LogP contribution in [0.25, 0.3) is 22.2 Å². The second kappa shape index (κ2) is 8.85. The van der Waals surface area contributed by atoms with E-state index in [2.05, 4.69) is 82.5 Å². The molecule has 0 bridgehead atoms. The van der Waals surface area contributed by atoms with Crippen molar-refractivity contribution in [2.24, 2.45) is 0 Å². The monoisotopic (exact) mass is 486 g/mol. The van der Waals surface area contributed by atoms with Crippen LogP contribution in [0.1, 0.15) is 36.3 Å². The van der Waals surface area contributed by atoms with Crippen LogP contribution in [-0.4, -0.2) is 53.1 Å². The molecule has 2 aromatic carbocycles. The summed E-state index contributed by atoms with van der Waals surface area (Å²) in [6, 6.07) is 13.8. The minimum atomic E-state index is 0.538. The van der Waals surface area contributed by atoms with Gasteiger partial charge in [0.2, 0.25) is 5.95 Å². The quantitative estimate of drug-likeness (QED) is 0.332. The Morgan fingerprint density at radius 1 is 1.11 bits per heavy atom. The summed E-state index contributed by atoms with van der Waals surface area (Å²) in [4.78, 5) is 17.5. The molecule has 2 N–H and O–H groups in total. The van der Waals surface area contributed by atoms with Gasteiger partial charge in [-0.3, -0.25) is 0 Å². The number of benzene rings is 2. The number of aromatic amines is 1. The average Bonchev–Trinajstić information content (AvgIpc) is 3.42. The number of H-pyrrole nitrogens is 1. The Labute approximate surface area is 211 Å². The number of hydrogen-bond acceptors (Lipinski definition) is 5. The Hall–Kier alpha value is -3.09. The predicted octanol–water partition coefficient (Wildman–Crippen LogP) is 6.35. The van der Waals surface area contributed by atoms with Gasteiger partial charge in [-0.1, -0.05) is 23.7 Å². The van der Waals surface area contributed by atoms with Crippen LogP contribution in [0.5, 0.6) is 0 Å². The van der Waals surface area contributed by atoms with Crippen molar-refractivity contribution in [1.82, 2.24) is 19.9 Å². The largest absolute Gasteiger partial charge is 0.370 e. The number of fused-ring (bicyclic) bond motifs is 1. The molecule has 6 rings (SSSR count). The highest BCUT2D eigenvalue weighted by atomic mass is 35.5. The normalized spacial score (nSPS) is 18.1. The van der Waals surface area contributed by atoms with Gasteiger partial charge in [0.1, 0.15) is 0 Å². The van der Waals surface area contributed by atoms with Crippen molar-refractivity contribution >= 4 is 39.8 Å². The van der Waals surface area contributed by atoms with Crippen molar-refractivity contribution in [2.45, 2.75) is 38.1 Å². The van der Waals surface area contributed by atoms with Crippen molar-refractivity contribution in [3.05, 3.63) is 64.9 Å². The summed E-state index contributed by atoms with van der Waals surface area (Å²) in [6.45, 7) is 4.23. The van der Waals surface area contributed by atoms with Gasteiger partial charge in [-0.2, -0.15) is 0 Å². The molecule has 2 aromatic heterocycles. The first-order valence-electron chi connectivity index (χ1n) is 12.4. The zero-order chi connectivity index (χ0) is 24.1. The van der Waals surface area contributed by atoms with Gasteiger partial charge in [0.15, 0.2) is 0 Å². The maximum atomic E-state index is 6.57. The van der Waals surface area contributed by atoms with Crippen LogP contribution in [0, 0.1) is 6.92 Å². The molecule has 0 spiro atoms. The number of aromatic nitrogens is 3. The molecule has 1 unspecified atom stereocenters. The fraction of sp³-hybridized carbons (Fsp3) is 0.357. The fourth-order valence-electron chi connectivity index (χ4n) is 5.12. The summed E-state index contributed by atoms with van der Waals surface area (Å²) in [7, 11) is 4.35. The molecular weight excluding hydrogens is 456 g/mol. The van der Waals surface area contributed by atoms with Crippen molar-refractivity contribution in [3.8, 4) is 11.3 Å².